The lowest BCUT2D eigenvalue weighted by Crippen LogP contribution is -2.31. The van der Waals surface area contributed by atoms with Crippen LogP contribution in [0.3, 0.4) is 0 Å². The van der Waals surface area contributed by atoms with Gasteiger partial charge in [-0.1, -0.05) is 26.7 Å². The van der Waals surface area contributed by atoms with Crippen molar-refractivity contribution in [3.63, 3.8) is 0 Å². The molecule has 0 fully saturated rings. The first-order valence-corrected chi connectivity index (χ1v) is 6.73. The fourth-order valence-corrected chi connectivity index (χ4v) is 2.52. The Balaban J connectivity index is 2.26. The first-order valence-electron chi connectivity index (χ1n) is 6.73. The smallest absolute Gasteiger partial charge is 0.335 e. The molecule has 4 nitrogen and oxygen atoms in total. The second kappa shape index (κ2) is 5.43. The molecule has 0 saturated carbocycles. The third-order valence-electron chi connectivity index (χ3n) is 3.86. The maximum absolute atomic E-state index is 12.1. The van der Waals surface area contributed by atoms with Crippen LogP contribution in [0.2, 0.25) is 0 Å². The monoisotopic (exact) mass is 261 g/mol. The van der Waals surface area contributed by atoms with Crippen LogP contribution in [0.5, 0.6) is 0 Å². The van der Waals surface area contributed by atoms with E-state index < -0.39 is 5.97 Å². The molecular weight excluding hydrogens is 242 g/mol. The number of carboxylic acids is 1. The van der Waals surface area contributed by atoms with Crippen molar-refractivity contribution in [2.75, 3.05) is 11.4 Å². The van der Waals surface area contributed by atoms with E-state index in [9.17, 15) is 9.59 Å². The second-order valence-corrected chi connectivity index (χ2v) is 5.01. The number of amides is 1. The number of hydrogen-bond acceptors (Lipinski definition) is 2. The van der Waals surface area contributed by atoms with E-state index in [0.29, 0.717) is 12.3 Å². The zero-order valence-corrected chi connectivity index (χ0v) is 11.3. The number of aromatic carboxylic acids is 1. The van der Waals surface area contributed by atoms with Gasteiger partial charge in [0.2, 0.25) is 5.91 Å². The van der Waals surface area contributed by atoms with Crippen molar-refractivity contribution in [2.45, 2.75) is 33.1 Å². The minimum absolute atomic E-state index is 0.0736. The van der Waals surface area contributed by atoms with Crippen LogP contribution in [-0.4, -0.2) is 23.5 Å². The van der Waals surface area contributed by atoms with E-state index in [-0.39, 0.29) is 11.5 Å². The quantitative estimate of drug-likeness (QED) is 0.886. The third-order valence-corrected chi connectivity index (χ3v) is 3.86. The second-order valence-electron chi connectivity index (χ2n) is 5.01. The number of fused-ring (bicyclic) bond motifs is 1. The number of rotatable bonds is 5. The van der Waals surface area contributed by atoms with E-state index in [1.807, 2.05) is 0 Å². The van der Waals surface area contributed by atoms with E-state index in [4.69, 9.17) is 5.11 Å². The highest BCUT2D eigenvalue weighted by atomic mass is 16.4. The van der Waals surface area contributed by atoms with Gasteiger partial charge in [-0.25, -0.2) is 4.79 Å². The van der Waals surface area contributed by atoms with Crippen molar-refractivity contribution in [3.8, 4) is 0 Å². The van der Waals surface area contributed by atoms with Crippen molar-refractivity contribution in [3.05, 3.63) is 29.3 Å². The van der Waals surface area contributed by atoms with Crippen molar-refractivity contribution >= 4 is 17.6 Å². The largest absolute Gasteiger partial charge is 0.478 e. The molecule has 0 spiro atoms. The summed E-state index contributed by atoms with van der Waals surface area (Å²) in [6, 6.07) is 4.94. The minimum atomic E-state index is -0.950. The molecule has 1 amide bonds. The van der Waals surface area contributed by atoms with E-state index in [1.165, 1.54) is 0 Å². The van der Waals surface area contributed by atoms with Gasteiger partial charge in [0.25, 0.3) is 0 Å². The first kappa shape index (κ1) is 13.6. The molecule has 0 atom stereocenters. The summed E-state index contributed by atoms with van der Waals surface area (Å²) in [6.45, 7) is 4.98. The lowest BCUT2D eigenvalue weighted by molar-refractivity contribution is -0.117. The van der Waals surface area contributed by atoms with Gasteiger partial charge in [0.05, 0.1) is 12.0 Å². The molecule has 0 aromatic heterocycles. The molecule has 1 aliphatic rings. The molecule has 1 heterocycles. The highest BCUT2D eigenvalue weighted by Crippen LogP contribution is 2.31. The Morgan fingerprint density at radius 2 is 2.05 bits per heavy atom. The van der Waals surface area contributed by atoms with Gasteiger partial charge in [0.1, 0.15) is 0 Å². The number of carboxylic acid groups (broad SMARTS) is 1. The molecule has 1 aromatic carbocycles. The molecule has 0 radical (unpaired) electrons. The normalized spacial score (nSPS) is 14.1. The summed E-state index contributed by atoms with van der Waals surface area (Å²) < 4.78 is 0. The molecule has 2 rings (SSSR count). The SMILES string of the molecule is CCC(CC)CN1C(=O)Cc2cc(C(=O)O)ccc21. The molecule has 0 saturated heterocycles. The zero-order chi connectivity index (χ0) is 14.0. The summed E-state index contributed by atoms with van der Waals surface area (Å²) in [4.78, 5) is 24.8. The Kier molecular flexibility index (Phi) is 3.88. The molecule has 1 N–H and O–H groups in total. The molecule has 1 aliphatic heterocycles. The van der Waals surface area contributed by atoms with E-state index in [1.54, 1.807) is 23.1 Å². The van der Waals surface area contributed by atoms with Gasteiger partial charge in [-0.05, 0) is 29.7 Å². The van der Waals surface area contributed by atoms with Gasteiger partial charge in [0, 0.05) is 12.2 Å². The Labute approximate surface area is 113 Å². The van der Waals surface area contributed by atoms with Crippen LogP contribution >= 0.6 is 0 Å². The molecular formula is C15H19NO3. The standard InChI is InChI=1S/C15H19NO3/c1-3-10(4-2)9-16-13-6-5-11(15(18)19)7-12(13)8-14(16)17/h5-7,10H,3-4,8-9H2,1-2H3,(H,18,19). The third kappa shape index (κ3) is 2.62. The van der Waals surface area contributed by atoms with E-state index in [2.05, 4.69) is 13.8 Å². The van der Waals surface area contributed by atoms with Crippen LogP contribution < -0.4 is 4.90 Å². The Morgan fingerprint density at radius 3 is 2.63 bits per heavy atom. The molecule has 0 aliphatic carbocycles. The van der Waals surface area contributed by atoms with Crippen LogP contribution in [0.1, 0.15) is 42.6 Å². The van der Waals surface area contributed by atoms with Gasteiger partial charge in [-0.2, -0.15) is 0 Å². The van der Waals surface area contributed by atoms with Crippen molar-refractivity contribution in [1.29, 1.82) is 0 Å². The van der Waals surface area contributed by atoms with Crippen LogP contribution in [0.25, 0.3) is 0 Å². The number of hydrogen-bond donors (Lipinski definition) is 1. The fraction of sp³-hybridized carbons (Fsp3) is 0.467. The van der Waals surface area contributed by atoms with Crippen LogP contribution in [0, 0.1) is 5.92 Å². The number of anilines is 1. The fourth-order valence-electron chi connectivity index (χ4n) is 2.52. The maximum Gasteiger partial charge on any atom is 0.335 e. The Hall–Kier alpha value is -1.84. The van der Waals surface area contributed by atoms with Crippen LogP contribution in [-0.2, 0) is 11.2 Å². The summed E-state index contributed by atoms with van der Waals surface area (Å²) in [5, 5.41) is 8.97. The van der Waals surface area contributed by atoms with Gasteiger partial charge >= 0.3 is 5.97 Å². The highest BCUT2D eigenvalue weighted by molar-refractivity contribution is 6.02. The molecule has 0 unspecified atom stereocenters. The maximum atomic E-state index is 12.1. The van der Waals surface area contributed by atoms with Crippen LogP contribution in [0.15, 0.2) is 18.2 Å². The summed E-state index contributed by atoms with van der Waals surface area (Å²) in [5.74, 6) is -0.382. The topological polar surface area (TPSA) is 57.6 Å². The number of carbonyl (C=O) groups is 2. The summed E-state index contributed by atoms with van der Waals surface area (Å²) >= 11 is 0. The molecule has 0 bridgehead atoms. The van der Waals surface area contributed by atoms with Crippen LogP contribution in [0.4, 0.5) is 5.69 Å². The van der Waals surface area contributed by atoms with Gasteiger partial charge in [0.15, 0.2) is 0 Å². The average molecular weight is 261 g/mol. The summed E-state index contributed by atoms with van der Waals surface area (Å²) in [6.07, 6.45) is 2.41. The molecule has 102 valence electrons. The highest BCUT2D eigenvalue weighted by Gasteiger charge is 2.29. The van der Waals surface area contributed by atoms with Crippen molar-refractivity contribution in [2.24, 2.45) is 5.92 Å². The predicted octanol–water partition coefficient (Wildman–Crippen LogP) is 2.71. The Morgan fingerprint density at radius 1 is 1.37 bits per heavy atom. The van der Waals surface area contributed by atoms with Gasteiger partial charge in [-0.15, -0.1) is 0 Å². The molecule has 19 heavy (non-hydrogen) atoms. The van der Waals surface area contributed by atoms with Crippen molar-refractivity contribution in [1.82, 2.24) is 0 Å². The van der Waals surface area contributed by atoms with E-state index in [0.717, 1.165) is 30.6 Å². The lowest BCUT2D eigenvalue weighted by atomic mass is 10.0. The van der Waals surface area contributed by atoms with E-state index >= 15 is 0 Å². The minimum Gasteiger partial charge on any atom is -0.478 e. The first-order chi connectivity index (χ1) is 9.06. The van der Waals surface area contributed by atoms with Gasteiger partial charge < -0.3 is 10.0 Å². The number of carbonyl (C=O) groups excluding carboxylic acids is 1. The number of benzene rings is 1. The molecule has 1 aromatic rings. The number of nitrogens with zero attached hydrogens (tertiary/aromatic N) is 1. The predicted molar refractivity (Wildman–Crippen MR) is 73.5 cm³/mol. The molecule has 4 heteroatoms. The average Bonchev–Trinajstić information content (AvgIpc) is 2.70. The van der Waals surface area contributed by atoms with Crippen molar-refractivity contribution < 1.29 is 14.7 Å². The lowest BCUT2D eigenvalue weighted by Gasteiger charge is -2.23. The Bertz CT molecular complexity index is 506. The summed E-state index contributed by atoms with van der Waals surface area (Å²) in [5.41, 5.74) is 1.95. The van der Waals surface area contributed by atoms with Gasteiger partial charge in [-0.3, -0.25) is 4.79 Å². The summed E-state index contributed by atoms with van der Waals surface area (Å²) in [7, 11) is 0. The zero-order valence-electron chi connectivity index (χ0n) is 11.3.